The van der Waals surface area contributed by atoms with Gasteiger partial charge in [0.2, 0.25) is 18.6 Å². The van der Waals surface area contributed by atoms with Crippen LogP contribution in [-0.2, 0) is 14.4 Å². The molecule has 4 aliphatic rings. The van der Waals surface area contributed by atoms with Crippen molar-refractivity contribution in [3.05, 3.63) is 101 Å². The van der Waals surface area contributed by atoms with E-state index >= 15 is 0 Å². The van der Waals surface area contributed by atoms with Crippen LogP contribution < -0.4 is 19.1 Å². The van der Waals surface area contributed by atoms with Gasteiger partial charge in [0.15, 0.2) is 11.5 Å². The first-order valence-corrected chi connectivity index (χ1v) is 13.4. The fourth-order valence-electron chi connectivity index (χ4n) is 6.58. The van der Waals surface area contributed by atoms with Crippen LogP contribution in [0.4, 0.5) is 5.69 Å². The maximum atomic E-state index is 14.1. The molecule has 1 aliphatic carbocycles. The van der Waals surface area contributed by atoms with Crippen LogP contribution >= 0.6 is 11.6 Å². The second kappa shape index (κ2) is 8.44. The molecule has 0 radical (unpaired) electrons. The highest BCUT2D eigenvalue weighted by molar-refractivity contribution is 6.31. The van der Waals surface area contributed by atoms with E-state index in [1.807, 2.05) is 60.7 Å². The quantitative estimate of drug-likeness (QED) is 0.180. The van der Waals surface area contributed by atoms with Crippen molar-refractivity contribution in [3.8, 4) is 17.2 Å². The van der Waals surface area contributed by atoms with E-state index in [2.05, 4.69) is 0 Å². The van der Waals surface area contributed by atoms with Crippen molar-refractivity contribution in [1.29, 1.82) is 0 Å². The molecule has 8 heteroatoms. The summed E-state index contributed by atoms with van der Waals surface area (Å²) in [6, 6.07) is 23.7. The Kier molecular flexibility index (Phi) is 4.91. The van der Waals surface area contributed by atoms with Gasteiger partial charge in [-0.25, -0.2) is 4.90 Å². The lowest BCUT2D eigenvalue weighted by molar-refractivity contribution is -0.142. The van der Waals surface area contributed by atoms with Crippen molar-refractivity contribution in [2.24, 2.45) is 17.8 Å². The van der Waals surface area contributed by atoms with Crippen molar-refractivity contribution in [3.63, 3.8) is 0 Å². The minimum atomic E-state index is -0.939. The van der Waals surface area contributed by atoms with Gasteiger partial charge in [0.05, 0.1) is 23.4 Å². The fourth-order valence-corrected chi connectivity index (χ4v) is 6.70. The maximum Gasteiger partial charge on any atom is 0.319 e. The summed E-state index contributed by atoms with van der Waals surface area (Å²) in [6.45, 7) is 0.118. The average Bonchev–Trinajstić information content (AvgIpc) is 3.55. The first kappa shape index (κ1) is 23.3. The van der Waals surface area contributed by atoms with E-state index in [0.717, 1.165) is 21.9 Å². The molecular weight excluding hydrogens is 530 g/mol. The molecule has 1 saturated heterocycles. The number of anilines is 1. The molecule has 0 N–H and O–H groups in total. The number of ether oxygens (including phenoxy) is 3. The molecule has 8 rings (SSSR count). The molecule has 4 aromatic rings. The number of hydrogen-bond acceptors (Lipinski definition) is 6. The van der Waals surface area contributed by atoms with Gasteiger partial charge in [-0.3, -0.25) is 14.4 Å². The largest absolute Gasteiger partial charge is 0.454 e. The van der Waals surface area contributed by atoms with Gasteiger partial charge in [-0.2, -0.15) is 0 Å². The van der Waals surface area contributed by atoms with Crippen LogP contribution in [0.1, 0.15) is 17.0 Å². The highest BCUT2D eigenvalue weighted by Crippen LogP contribution is 2.56. The molecule has 40 heavy (non-hydrogen) atoms. The third kappa shape index (κ3) is 3.21. The Hall–Kier alpha value is -4.62. The van der Waals surface area contributed by atoms with E-state index in [1.165, 1.54) is 4.90 Å². The van der Waals surface area contributed by atoms with Gasteiger partial charge < -0.3 is 14.2 Å². The van der Waals surface area contributed by atoms with Crippen LogP contribution in [-0.4, -0.2) is 24.6 Å². The Balaban J connectivity index is 1.34. The monoisotopic (exact) mass is 549 g/mol. The highest BCUT2D eigenvalue weighted by Gasteiger charge is 2.60. The molecule has 7 nitrogen and oxygen atoms in total. The summed E-state index contributed by atoms with van der Waals surface area (Å²) in [6.07, 6.45) is 1.97. The number of fused-ring (bicyclic) bond motifs is 8. The Labute approximate surface area is 233 Å². The number of rotatable bonds is 2. The third-order valence-corrected chi connectivity index (χ3v) is 8.60. The van der Waals surface area contributed by atoms with Gasteiger partial charge in [0, 0.05) is 21.9 Å². The van der Waals surface area contributed by atoms with Crippen molar-refractivity contribution in [2.45, 2.75) is 5.92 Å². The third-order valence-electron chi connectivity index (χ3n) is 8.35. The molecule has 2 amide bonds. The molecule has 0 aromatic heterocycles. The van der Waals surface area contributed by atoms with Crippen LogP contribution in [0.5, 0.6) is 17.2 Å². The topological polar surface area (TPSA) is 82.1 Å². The average molecular weight is 550 g/mol. The number of halogens is 1. The second-order valence-electron chi connectivity index (χ2n) is 10.4. The van der Waals surface area contributed by atoms with Crippen molar-refractivity contribution in [1.82, 2.24) is 0 Å². The number of nitrogens with zero attached hydrogens (tertiary/aromatic N) is 1. The van der Waals surface area contributed by atoms with Crippen molar-refractivity contribution in [2.75, 3.05) is 11.7 Å². The Morgan fingerprint density at radius 1 is 0.800 bits per heavy atom. The number of benzene rings is 4. The van der Waals surface area contributed by atoms with Crippen LogP contribution in [0, 0.1) is 17.8 Å². The van der Waals surface area contributed by atoms with E-state index in [-0.39, 0.29) is 12.7 Å². The lowest BCUT2D eigenvalue weighted by Crippen LogP contribution is -2.42. The number of hydrogen-bond donors (Lipinski definition) is 0. The van der Waals surface area contributed by atoms with Gasteiger partial charge in [0.25, 0.3) is 0 Å². The molecule has 4 aromatic carbocycles. The van der Waals surface area contributed by atoms with E-state index in [9.17, 15) is 14.4 Å². The standard InChI is InChI=1S/C32H20ClNO6/c33-18-7-9-19(10-8-18)34-30(35)26-22(17-6-12-24-25(13-17)39-15-38-24)14-23-21-11-5-16-3-1-2-4-20(16)29(21)40-32(37)27(23)28(26)31(34)36/h1-14,22,26-28H,15H2/t22-,26+,27-,28-/m1/s1. The van der Waals surface area contributed by atoms with E-state index in [4.69, 9.17) is 25.8 Å². The Morgan fingerprint density at radius 3 is 2.42 bits per heavy atom. The molecular formula is C32H20ClNO6. The maximum absolute atomic E-state index is 14.1. The first-order chi connectivity index (χ1) is 19.5. The summed E-state index contributed by atoms with van der Waals surface area (Å²) >= 11 is 6.08. The number of carbonyl (C=O) groups is 3. The molecule has 0 unspecified atom stereocenters. The molecule has 3 aliphatic heterocycles. The number of allylic oxidation sites excluding steroid dienone is 1. The molecule has 1 fully saturated rings. The second-order valence-corrected chi connectivity index (χ2v) is 10.8. The Morgan fingerprint density at radius 2 is 1.57 bits per heavy atom. The van der Waals surface area contributed by atoms with Crippen LogP contribution in [0.25, 0.3) is 16.3 Å². The minimum absolute atomic E-state index is 0.118. The summed E-state index contributed by atoms with van der Waals surface area (Å²) in [5, 5.41) is 2.24. The van der Waals surface area contributed by atoms with Crippen molar-refractivity contribution >= 4 is 51.4 Å². The van der Waals surface area contributed by atoms with Gasteiger partial charge in [0.1, 0.15) is 5.75 Å². The number of amides is 2. The highest BCUT2D eigenvalue weighted by atomic mass is 35.5. The molecule has 0 saturated carbocycles. The Bertz CT molecular complexity index is 1810. The number of carbonyl (C=O) groups excluding carboxylic acids is 3. The zero-order valence-electron chi connectivity index (χ0n) is 20.9. The zero-order chi connectivity index (χ0) is 27.1. The van der Waals surface area contributed by atoms with E-state index in [0.29, 0.717) is 33.5 Å². The summed E-state index contributed by atoms with van der Waals surface area (Å²) in [5.74, 6) is -2.83. The van der Waals surface area contributed by atoms with Gasteiger partial charge in [-0.15, -0.1) is 0 Å². The van der Waals surface area contributed by atoms with Crippen LogP contribution in [0.15, 0.2) is 84.9 Å². The summed E-state index contributed by atoms with van der Waals surface area (Å²) in [5.41, 5.74) is 2.65. The first-order valence-electron chi connectivity index (χ1n) is 13.0. The summed E-state index contributed by atoms with van der Waals surface area (Å²) < 4.78 is 17.1. The van der Waals surface area contributed by atoms with Gasteiger partial charge in [-0.05, 0) is 52.9 Å². The number of esters is 1. The lowest BCUT2D eigenvalue weighted by Gasteiger charge is -2.38. The van der Waals surface area contributed by atoms with Gasteiger partial charge in [-0.1, -0.05) is 60.1 Å². The fraction of sp³-hybridized carbons (Fsp3) is 0.156. The van der Waals surface area contributed by atoms with Gasteiger partial charge >= 0.3 is 5.97 Å². The minimum Gasteiger partial charge on any atom is -0.454 e. The SMILES string of the molecule is O=C1Oc2c(ccc3ccccc23)C2=C[C@H](c3ccc4c(c3)OCO4)[C@@H]3C(=O)N(c4ccc(Cl)cc4)C(=O)[C@H]3[C@H]12. The van der Waals surface area contributed by atoms with Crippen molar-refractivity contribution < 1.29 is 28.6 Å². The summed E-state index contributed by atoms with van der Waals surface area (Å²) in [7, 11) is 0. The van der Waals surface area contributed by atoms with Crippen LogP contribution in [0.2, 0.25) is 5.02 Å². The predicted molar refractivity (Wildman–Crippen MR) is 147 cm³/mol. The summed E-state index contributed by atoms with van der Waals surface area (Å²) in [4.78, 5) is 43.1. The smallest absolute Gasteiger partial charge is 0.319 e. The normalized spacial score (nSPS) is 24.4. The predicted octanol–water partition coefficient (Wildman–Crippen LogP) is 5.74. The molecule has 0 spiro atoms. The van der Waals surface area contributed by atoms with E-state index in [1.54, 1.807) is 24.3 Å². The molecule has 196 valence electrons. The molecule has 3 heterocycles. The molecule has 0 bridgehead atoms. The zero-order valence-corrected chi connectivity index (χ0v) is 21.6. The number of imide groups is 1. The van der Waals surface area contributed by atoms with Crippen LogP contribution in [0.3, 0.4) is 0 Å². The van der Waals surface area contributed by atoms with E-state index < -0.39 is 35.5 Å². The molecule has 4 atom stereocenters. The lowest BCUT2D eigenvalue weighted by atomic mass is 9.64.